The van der Waals surface area contributed by atoms with Crippen LogP contribution < -0.4 is 9.64 Å². The topological polar surface area (TPSA) is 45.7 Å². The van der Waals surface area contributed by atoms with Gasteiger partial charge in [0.25, 0.3) is 0 Å². The van der Waals surface area contributed by atoms with Crippen molar-refractivity contribution in [1.82, 2.24) is 9.88 Å². The number of halogens is 3. The second kappa shape index (κ2) is 8.55. The van der Waals surface area contributed by atoms with Crippen LogP contribution in [0.3, 0.4) is 0 Å². The van der Waals surface area contributed by atoms with Gasteiger partial charge in [-0.1, -0.05) is 0 Å². The van der Waals surface area contributed by atoms with Gasteiger partial charge in [0.05, 0.1) is 10.7 Å². The molecule has 1 amide bonds. The van der Waals surface area contributed by atoms with Crippen molar-refractivity contribution in [3.63, 3.8) is 0 Å². The molecule has 9 heteroatoms. The summed E-state index contributed by atoms with van der Waals surface area (Å²) < 4.78 is 41.5. The third-order valence-electron chi connectivity index (χ3n) is 5.66. The molecule has 4 rings (SSSR count). The Morgan fingerprint density at radius 1 is 1.27 bits per heavy atom. The number of nitrogens with zero attached hydrogens (tertiary/aromatic N) is 3. The van der Waals surface area contributed by atoms with E-state index in [2.05, 4.69) is 20.0 Å². The molecule has 1 aromatic heterocycles. The average molecular weight is 440 g/mol. The van der Waals surface area contributed by atoms with Crippen molar-refractivity contribution in [2.45, 2.75) is 45.5 Å². The summed E-state index contributed by atoms with van der Waals surface area (Å²) >= 11 is 1.64. The number of anilines is 1. The Labute approximate surface area is 177 Å². The van der Waals surface area contributed by atoms with Crippen molar-refractivity contribution in [2.75, 3.05) is 24.5 Å². The largest absolute Gasteiger partial charge is 0.573 e. The lowest BCUT2D eigenvalue weighted by molar-refractivity contribution is -0.274. The molecule has 1 saturated heterocycles. The SMILES string of the molecule is Cc1nc(CN2CCC(C(=O)N3CCCc4cc(OC(F)(F)F)ccc43)CC2)cs1. The Bertz CT molecular complexity index is 907. The highest BCUT2D eigenvalue weighted by atomic mass is 32.1. The average Bonchev–Trinajstić information content (AvgIpc) is 3.11. The van der Waals surface area contributed by atoms with E-state index in [-0.39, 0.29) is 17.6 Å². The van der Waals surface area contributed by atoms with Crippen LogP contribution in [0, 0.1) is 12.8 Å². The molecule has 1 fully saturated rings. The number of hydrogen-bond donors (Lipinski definition) is 0. The number of aryl methyl sites for hydroxylation is 2. The number of amides is 1. The molecule has 0 N–H and O–H groups in total. The molecular weight excluding hydrogens is 415 g/mol. The zero-order valence-electron chi connectivity index (χ0n) is 16.7. The lowest BCUT2D eigenvalue weighted by atomic mass is 9.93. The molecule has 0 bridgehead atoms. The van der Waals surface area contributed by atoms with Gasteiger partial charge in [0, 0.05) is 30.1 Å². The van der Waals surface area contributed by atoms with Gasteiger partial charge in [0.15, 0.2) is 0 Å². The number of likely N-dealkylation sites (tertiary alicyclic amines) is 1. The quantitative estimate of drug-likeness (QED) is 0.702. The number of fused-ring (bicyclic) bond motifs is 1. The fourth-order valence-electron chi connectivity index (χ4n) is 4.27. The van der Waals surface area contributed by atoms with Crippen LogP contribution in [0.5, 0.6) is 5.75 Å². The molecule has 0 unspecified atom stereocenters. The summed E-state index contributed by atoms with van der Waals surface area (Å²) in [7, 11) is 0. The second-order valence-corrected chi connectivity index (χ2v) is 8.90. The van der Waals surface area contributed by atoms with Crippen LogP contribution in [0.15, 0.2) is 23.6 Å². The van der Waals surface area contributed by atoms with E-state index in [9.17, 15) is 18.0 Å². The molecule has 1 aromatic carbocycles. The molecule has 30 heavy (non-hydrogen) atoms. The van der Waals surface area contributed by atoms with Gasteiger partial charge in [-0.2, -0.15) is 0 Å². The van der Waals surface area contributed by atoms with Crippen LogP contribution >= 0.6 is 11.3 Å². The second-order valence-electron chi connectivity index (χ2n) is 7.84. The fraction of sp³-hybridized carbons (Fsp3) is 0.524. The Kier molecular flexibility index (Phi) is 6.02. The van der Waals surface area contributed by atoms with E-state index in [1.54, 1.807) is 22.3 Å². The van der Waals surface area contributed by atoms with Crippen LogP contribution in [0.4, 0.5) is 18.9 Å². The molecular formula is C21H24F3N3O2S. The lowest BCUT2D eigenvalue weighted by Gasteiger charge is -2.36. The van der Waals surface area contributed by atoms with E-state index in [0.29, 0.717) is 18.7 Å². The number of thiazole rings is 1. The first kappa shape index (κ1) is 21.1. The van der Waals surface area contributed by atoms with E-state index in [1.807, 2.05) is 6.92 Å². The van der Waals surface area contributed by atoms with Crippen LogP contribution in [0.1, 0.15) is 35.5 Å². The summed E-state index contributed by atoms with van der Waals surface area (Å²) in [5, 5.41) is 3.14. The van der Waals surface area contributed by atoms with Crippen molar-refractivity contribution in [1.29, 1.82) is 0 Å². The standard InChI is InChI=1S/C21H24F3N3O2S/c1-14-25-17(13-30-14)12-26-9-6-15(7-10-26)20(28)27-8-2-3-16-11-18(4-5-19(16)27)29-21(22,23)24/h4-5,11,13,15H,2-3,6-10,12H2,1H3. The molecule has 2 aliphatic heterocycles. The molecule has 0 atom stereocenters. The maximum absolute atomic E-state index is 13.2. The minimum absolute atomic E-state index is 0.0597. The number of ether oxygens (including phenoxy) is 1. The highest BCUT2D eigenvalue weighted by Gasteiger charge is 2.34. The lowest BCUT2D eigenvalue weighted by Crippen LogP contribution is -2.44. The fourth-order valence-corrected chi connectivity index (χ4v) is 4.87. The number of benzene rings is 1. The third-order valence-corrected chi connectivity index (χ3v) is 6.48. The van der Waals surface area contributed by atoms with Crippen LogP contribution in [0.2, 0.25) is 0 Å². The first-order valence-electron chi connectivity index (χ1n) is 10.1. The zero-order valence-corrected chi connectivity index (χ0v) is 17.6. The van der Waals surface area contributed by atoms with Crippen molar-refractivity contribution < 1.29 is 22.7 Å². The Hall–Kier alpha value is -2.13. The number of aromatic nitrogens is 1. The third kappa shape index (κ3) is 4.95. The molecule has 3 heterocycles. The van der Waals surface area contributed by atoms with Crippen molar-refractivity contribution in [2.24, 2.45) is 5.92 Å². The highest BCUT2D eigenvalue weighted by Crippen LogP contribution is 2.34. The van der Waals surface area contributed by atoms with Gasteiger partial charge < -0.3 is 9.64 Å². The number of hydrogen-bond acceptors (Lipinski definition) is 5. The van der Waals surface area contributed by atoms with Crippen LogP contribution in [0.25, 0.3) is 0 Å². The smallest absolute Gasteiger partial charge is 0.406 e. The van der Waals surface area contributed by atoms with E-state index in [0.717, 1.165) is 55.2 Å². The van der Waals surface area contributed by atoms with Crippen molar-refractivity contribution in [3.8, 4) is 5.75 Å². The summed E-state index contributed by atoms with van der Waals surface area (Å²) in [5.74, 6) is -0.221. The molecule has 162 valence electrons. The summed E-state index contributed by atoms with van der Waals surface area (Å²) in [4.78, 5) is 21.8. The van der Waals surface area contributed by atoms with Crippen LogP contribution in [-0.4, -0.2) is 41.8 Å². The summed E-state index contributed by atoms with van der Waals surface area (Å²) in [5.41, 5.74) is 2.51. The first-order chi connectivity index (χ1) is 14.3. The van der Waals surface area contributed by atoms with Gasteiger partial charge in [-0.25, -0.2) is 4.98 Å². The van der Waals surface area contributed by atoms with E-state index >= 15 is 0 Å². The van der Waals surface area contributed by atoms with Gasteiger partial charge in [0.2, 0.25) is 5.91 Å². The van der Waals surface area contributed by atoms with Crippen molar-refractivity contribution >= 4 is 22.9 Å². The predicted octanol–water partition coefficient (Wildman–Crippen LogP) is 4.54. The molecule has 2 aliphatic rings. The maximum Gasteiger partial charge on any atom is 0.573 e. The minimum Gasteiger partial charge on any atom is -0.406 e. The predicted molar refractivity (Wildman–Crippen MR) is 109 cm³/mol. The van der Waals surface area contributed by atoms with Gasteiger partial charge in [-0.15, -0.1) is 24.5 Å². The normalized spacial score (nSPS) is 18.3. The summed E-state index contributed by atoms with van der Waals surface area (Å²) in [6.45, 7) is 5.08. The summed E-state index contributed by atoms with van der Waals surface area (Å²) in [6, 6.07) is 4.27. The van der Waals surface area contributed by atoms with Crippen molar-refractivity contribution in [3.05, 3.63) is 39.8 Å². The Morgan fingerprint density at radius 2 is 2.03 bits per heavy atom. The molecule has 2 aromatic rings. The monoisotopic (exact) mass is 439 g/mol. The minimum atomic E-state index is -4.72. The Balaban J connectivity index is 1.39. The van der Waals surface area contributed by atoms with Gasteiger partial charge in [-0.05, 0) is 69.5 Å². The molecule has 0 radical (unpaired) electrons. The first-order valence-corrected chi connectivity index (χ1v) is 11.0. The van der Waals surface area contributed by atoms with E-state index in [4.69, 9.17) is 0 Å². The molecule has 5 nitrogen and oxygen atoms in total. The number of carbonyl (C=O) groups excluding carboxylic acids is 1. The van der Waals surface area contributed by atoms with Gasteiger partial charge in [0.1, 0.15) is 5.75 Å². The number of alkyl halides is 3. The highest BCUT2D eigenvalue weighted by molar-refractivity contribution is 7.09. The van der Waals surface area contributed by atoms with Gasteiger partial charge in [-0.3, -0.25) is 9.69 Å². The molecule has 0 aliphatic carbocycles. The molecule has 0 saturated carbocycles. The number of piperidine rings is 1. The zero-order chi connectivity index (χ0) is 21.3. The maximum atomic E-state index is 13.2. The Morgan fingerprint density at radius 3 is 2.70 bits per heavy atom. The number of rotatable bonds is 4. The van der Waals surface area contributed by atoms with Crippen LogP contribution in [-0.2, 0) is 17.8 Å². The van der Waals surface area contributed by atoms with Gasteiger partial charge >= 0.3 is 6.36 Å². The van der Waals surface area contributed by atoms with E-state index in [1.165, 1.54) is 12.1 Å². The summed E-state index contributed by atoms with van der Waals surface area (Å²) in [6.07, 6.45) is -1.79. The number of carbonyl (C=O) groups is 1. The van der Waals surface area contributed by atoms with E-state index < -0.39 is 6.36 Å². The molecule has 0 spiro atoms.